The van der Waals surface area contributed by atoms with Gasteiger partial charge < -0.3 is 10.2 Å². The zero-order valence-corrected chi connectivity index (χ0v) is 16.4. The summed E-state index contributed by atoms with van der Waals surface area (Å²) < 4.78 is 56.1. The van der Waals surface area contributed by atoms with Crippen LogP contribution in [0.25, 0.3) is 0 Å². The number of likely N-dealkylation sites (tertiary alicyclic amines) is 1. The molecule has 1 N–H and O–H groups in total. The number of thiazole rings is 1. The summed E-state index contributed by atoms with van der Waals surface area (Å²) >= 11 is 0.528. The highest BCUT2D eigenvalue weighted by molar-refractivity contribution is 7.10. The molecule has 2 heterocycles. The molecule has 1 aromatic carbocycles. The van der Waals surface area contributed by atoms with Crippen LogP contribution >= 0.6 is 11.3 Å². The van der Waals surface area contributed by atoms with Gasteiger partial charge in [-0.25, -0.2) is 13.8 Å². The largest absolute Gasteiger partial charge is 0.342 e. The third-order valence-electron chi connectivity index (χ3n) is 4.52. The average Bonchev–Trinajstić information content (AvgIpc) is 3.36. The molecule has 0 bridgehead atoms. The quantitative estimate of drug-likeness (QED) is 0.703. The molecule has 1 fully saturated rings. The van der Waals surface area contributed by atoms with Crippen molar-refractivity contribution in [2.45, 2.75) is 24.3 Å². The smallest absolute Gasteiger partial charge is 0.324 e. The molecular formula is C19H13F4N5O2S. The fraction of sp³-hybridized carbons (Fsp3) is 0.316. The lowest BCUT2D eigenvalue weighted by atomic mass is 10.1. The lowest BCUT2D eigenvalue weighted by molar-refractivity contribution is -0.131. The predicted molar refractivity (Wildman–Crippen MR) is 99.3 cm³/mol. The first-order valence-corrected chi connectivity index (χ1v) is 9.65. The third-order valence-corrected chi connectivity index (χ3v) is 5.43. The minimum absolute atomic E-state index is 0.206. The van der Waals surface area contributed by atoms with Gasteiger partial charge in [0, 0.05) is 17.4 Å². The van der Waals surface area contributed by atoms with Gasteiger partial charge in [0.15, 0.2) is 5.01 Å². The number of hydrogen-bond donors (Lipinski definition) is 1. The molecule has 7 nitrogen and oxygen atoms in total. The van der Waals surface area contributed by atoms with E-state index in [1.807, 2.05) is 6.07 Å². The Bertz CT molecular complexity index is 1090. The number of carbonyl (C=O) groups excluding carboxylic acids is 2. The molecule has 12 heteroatoms. The number of carbonyl (C=O) groups is 2. The van der Waals surface area contributed by atoms with Crippen molar-refractivity contribution in [1.29, 1.82) is 10.5 Å². The van der Waals surface area contributed by atoms with E-state index in [-0.39, 0.29) is 11.3 Å². The number of benzene rings is 1. The first-order valence-electron chi connectivity index (χ1n) is 8.77. The Morgan fingerprint density at radius 2 is 1.97 bits per heavy atom. The van der Waals surface area contributed by atoms with Crippen LogP contribution in [0.4, 0.5) is 17.6 Å². The molecule has 2 aromatic rings. The topological polar surface area (TPSA) is 110 Å². The molecule has 1 atom stereocenters. The van der Waals surface area contributed by atoms with Gasteiger partial charge in [0.1, 0.15) is 11.7 Å². The van der Waals surface area contributed by atoms with E-state index in [9.17, 15) is 27.2 Å². The van der Waals surface area contributed by atoms with Crippen molar-refractivity contribution in [2.75, 3.05) is 13.1 Å². The van der Waals surface area contributed by atoms with Gasteiger partial charge in [0.05, 0.1) is 30.8 Å². The van der Waals surface area contributed by atoms with Gasteiger partial charge in [-0.3, -0.25) is 9.59 Å². The SMILES string of the molecule is N#Cc1ccc(C(F)(F)c2nc(C(=O)NCC(=O)N3CC(F)(F)C[C@H]3C#N)cs2)cc1. The molecule has 31 heavy (non-hydrogen) atoms. The van der Waals surface area contributed by atoms with Gasteiger partial charge in [-0.05, 0) is 12.1 Å². The summed E-state index contributed by atoms with van der Waals surface area (Å²) in [6, 6.07) is 6.74. The van der Waals surface area contributed by atoms with E-state index in [2.05, 4.69) is 10.3 Å². The van der Waals surface area contributed by atoms with Crippen LogP contribution in [0.5, 0.6) is 0 Å². The van der Waals surface area contributed by atoms with Crippen LogP contribution in [0.15, 0.2) is 29.6 Å². The summed E-state index contributed by atoms with van der Waals surface area (Å²) in [4.78, 5) is 28.6. The fourth-order valence-electron chi connectivity index (χ4n) is 2.94. The number of nitrogens with one attached hydrogen (secondary N) is 1. The molecule has 1 aromatic heterocycles. The van der Waals surface area contributed by atoms with Gasteiger partial charge in [-0.2, -0.15) is 19.3 Å². The van der Waals surface area contributed by atoms with Crippen LogP contribution in [0.1, 0.15) is 33.0 Å². The third kappa shape index (κ3) is 4.64. The van der Waals surface area contributed by atoms with E-state index in [1.54, 1.807) is 6.07 Å². The Hall–Kier alpha value is -3.51. The second-order valence-electron chi connectivity index (χ2n) is 6.71. The maximum atomic E-state index is 14.6. The number of alkyl halides is 4. The summed E-state index contributed by atoms with van der Waals surface area (Å²) in [6.45, 7) is -1.62. The second-order valence-corrected chi connectivity index (χ2v) is 7.57. The molecule has 0 spiro atoms. The molecule has 0 radical (unpaired) electrons. The van der Waals surface area contributed by atoms with E-state index in [0.29, 0.717) is 16.2 Å². The van der Waals surface area contributed by atoms with Gasteiger partial charge in [0.25, 0.3) is 11.8 Å². The summed E-state index contributed by atoms with van der Waals surface area (Å²) in [5, 5.41) is 20.2. The van der Waals surface area contributed by atoms with Crippen molar-refractivity contribution in [3.8, 4) is 12.1 Å². The van der Waals surface area contributed by atoms with Crippen molar-refractivity contribution >= 4 is 23.2 Å². The molecule has 1 aliphatic rings. The minimum Gasteiger partial charge on any atom is -0.342 e. The highest BCUT2D eigenvalue weighted by Gasteiger charge is 2.47. The normalized spacial score (nSPS) is 17.6. The van der Waals surface area contributed by atoms with Crippen molar-refractivity contribution in [1.82, 2.24) is 15.2 Å². The minimum atomic E-state index is -3.52. The lowest BCUT2D eigenvalue weighted by Gasteiger charge is -2.19. The predicted octanol–water partition coefficient (Wildman–Crippen LogP) is 2.64. The molecule has 0 unspecified atom stereocenters. The molecule has 1 saturated heterocycles. The number of aromatic nitrogens is 1. The van der Waals surface area contributed by atoms with E-state index >= 15 is 0 Å². The maximum Gasteiger partial charge on any atom is 0.324 e. The maximum absolute atomic E-state index is 14.6. The molecule has 3 rings (SSSR count). The Balaban J connectivity index is 1.65. The second kappa shape index (κ2) is 8.32. The average molecular weight is 451 g/mol. The molecule has 0 aliphatic carbocycles. The molecule has 2 amide bonds. The molecular weight excluding hydrogens is 438 g/mol. The Labute approximate surface area is 177 Å². The summed E-state index contributed by atoms with van der Waals surface area (Å²) in [5.41, 5.74) is -0.581. The number of nitriles is 2. The van der Waals surface area contributed by atoms with E-state index < -0.39 is 59.8 Å². The van der Waals surface area contributed by atoms with Crippen LogP contribution in [-0.4, -0.2) is 46.8 Å². The number of nitrogens with zero attached hydrogens (tertiary/aromatic N) is 4. The summed E-state index contributed by atoms with van der Waals surface area (Å²) in [6.07, 6.45) is -0.789. The number of amides is 2. The van der Waals surface area contributed by atoms with Gasteiger partial charge >= 0.3 is 5.92 Å². The van der Waals surface area contributed by atoms with Crippen molar-refractivity contribution in [3.63, 3.8) is 0 Å². The summed E-state index contributed by atoms with van der Waals surface area (Å²) in [7, 11) is 0. The van der Waals surface area contributed by atoms with Crippen LogP contribution in [0.3, 0.4) is 0 Å². The fourth-order valence-corrected chi connectivity index (χ4v) is 3.74. The van der Waals surface area contributed by atoms with Crippen molar-refractivity contribution in [2.24, 2.45) is 0 Å². The van der Waals surface area contributed by atoms with Crippen LogP contribution in [0.2, 0.25) is 0 Å². The highest BCUT2D eigenvalue weighted by Crippen LogP contribution is 2.37. The molecule has 1 aliphatic heterocycles. The van der Waals surface area contributed by atoms with E-state index in [4.69, 9.17) is 10.5 Å². The number of rotatable bonds is 5. The van der Waals surface area contributed by atoms with Gasteiger partial charge in [-0.15, -0.1) is 11.3 Å². The van der Waals surface area contributed by atoms with Crippen molar-refractivity contribution < 1.29 is 27.2 Å². The zero-order valence-electron chi connectivity index (χ0n) is 15.6. The number of hydrogen-bond acceptors (Lipinski definition) is 6. The van der Waals surface area contributed by atoms with E-state index in [1.165, 1.54) is 12.1 Å². The van der Waals surface area contributed by atoms with Gasteiger partial charge in [0.2, 0.25) is 5.91 Å². The number of halogens is 4. The van der Waals surface area contributed by atoms with Crippen molar-refractivity contribution in [3.05, 3.63) is 51.5 Å². The summed E-state index contributed by atoms with van der Waals surface area (Å²) in [5.74, 6) is -8.55. The van der Waals surface area contributed by atoms with Gasteiger partial charge in [-0.1, -0.05) is 12.1 Å². The van der Waals surface area contributed by atoms with Crippen LogP contribution in [-0.2, 0) is 10.7 Å². The molecule has 0 saturated carbocycles. The Morgan fingerprint density at radius 1 is 1.29 bits per heavy atom. The van der Waals surface area contributed by atoms with E-state index in [0.717, 1.165) is 17.5 Å². The highest BCUT2D eigenvalue weighted by atomic mass is 32.1. The first kappa shape index (κ1) is 22.2. The Morgan fingerprint density at radius 3 is 2.58 bits per heavy atom. The Kier molecular flexibility index (Phi) is 5.95. The zero-order chi connectivity index (χ0) is 22.8. The van der Waals surface area contributed by atoms with Crippen LogP contribution < -0.4 is 5.32 Å². The van der Waals surface area contributed by atoms with Crippen LogP contribution in [0, 0.1) is 22.7 Å². The lowest BCUT2D eigenvalue weighted by Crippen LogP contribution is -2.43. The first-order chi connectivity index (χ1) is 14.6. The monoisotopic (exact) mass is 451 g/mol. The standard InChI is InChI=1S/C19H13F4N5O2S/c20-18(21)5-13(7-25)28(10-18)15(29)8-26-16(30)14-9-31-17(27-14)19(22,23)12-3-1-11(6-24)2-4-12/h1-4,9,13H,5,8,10H2,(H,26,30)/t13-/m0/s1. The molecule has 160 valence electrons.